The van der Waals surface area contributed by atoms with Crippen molar-refractivity contribution in [3.63, 3.8) is 0 Å². The van der Waals surface area contributed by atoms with Crippen LogP contribution < -0.4 is 10.6 Å². The van der Waals surface area contributed by atoms with E-state index in [0.29, 0.717) is 6.54 Å². The highest BCUT2D eigenvalue weighted by molar-refractivity contribution is 5.90. The first-order chi connectivity index (χ1) is 9.42. The fourth-order valence-electron chi connectivity index (χ4n) is 1.97. The maximum Gasteiger partial charge on any atom is 0.319 e. The van der Waals surface area contributed by atoms with Gasteiger partial charge in [-0.3, -0.25) is 4.79 Å². The molecular formula is C15H22N2O3. The third-order valence-electron chi connectivity index (χ3n) is 3.22. The molecule has 1 atom stereocenters. The summed E-state index contributed by atoms with van der Waals surface area (Å²) in [5.74, 6) is -0.884. The minimum absolute atomic E-state index is 0.0441. The number of carboxylic acid groups (broad SMARTS) is 1. The quantitative estimate of drug-likeness (QED) is 0.748. The van der Waals surface area contributed by atoms with E-state index in [1.165, 1.54) is 0 Å². The lowest BCUT2D eigenvalue weighted by molar-refractivity contribution is -0.138. The summed E-state index contributed by atoms with van der Waals surface area (Å²) in [6.45, 7) is 6.20. The van der Waals surface area contributed by atoms with Crippen molar-refractivity contribution in [2.75, 3.05) is 11.9 Å². The van der Waals surface area contributed by atoms with E-state index in [9.17, 15) is 9.59 Å². The highest BCUT2D eigenvalue weighted by Gasteiger charge is 2.12. The Bertz CT molecular complexity index is 486. The maximum atomic E-state index is 11.8. The molecule has 0 bridgehead atoms. The molecule has 0 aliphatic heterocycles. The number of nitrogens with one attached hydrogen (secondary N) is 2. The highest BCUT2D eigenvalue weighted by Crippen LogP contribution is 2.15. The van der Waals surface area contributed by atoms with Gasteiger partial charge in [0.1, 0.15) is 0 Å². The highest BCUT2D eigenvalue weighted by atomic mass is 16.4. The number of hydrogen-bond donors (Lipinski definition) is 3. The number of urea groups is 1. The summed E-state index contributed by atoms with van der Waals surface area (Å²) in [6, 6.07) is 5.48. The van der Waals surface area contributed by atoms with Crippen LogP contribution in [0, 0.1) is 19.8 Å². The molecule has 0 aliphatic rings. The van der Waals surface area contributed by atoms with Crippen LogP contribution >= 0.6 is 0 Å². The molecule has 0 heterocycles. The van der Waals surface area contributed by atoms with Gasteiger partial charge in [-0.15, -0.1) is 0 Å². The Hall–Kier alpha value is -2.04. The zero-order valence-corrected chi connectivity index (χ0v) is 12.2. The summed E-state index contributed by atoms with van der Waals surface area (Å²) in [4.78, 5) is 22.4. The van der Waals surface area contributed by atoms with Crippen molar-refractivity contribution in [1.82, 2.24) is 5.32 Å². The Morgan fingerprint density at radius 1 is 1.30 bits per heavy atom. The van der Waals surface area contributed by atoms with Gasteiger partial charge in [-0.05, 0) is 31.4 Å². The van der Waals surface area contributed by atoms with Crippen LogP contribution in [0.2, 0.25) is 0 Å². The molecule has 2 amide bonds. The van der Waals surface area contributed by atoms with Gasteiger partial charge in [0.05, 0.1) is 0 Å². The first-order valence-corrected chi connectivity index (χ1v) is 6.76. The van der Waals surface area contributed by atoms with Crippen molar-refractivity contribution in [3.05, 3.63) is 29.3 Å². The summed E-state index contributed by atoms with van der Waals surface area (Å²) in [7, 11) is 0. The van der Waals surface area contributed by atoms with Crippen LogP contribution in [0.25, 0.3) is 0 Å². The lowest BCUT2D eigenvalue weighted by atomic mass is 10.0. The fourth-order valence-corrected chi connectivity index (χ4v) is 1.97. The van der Waals surface area contributed by atoms with E-state index in [-0.39, 0.29) is 18.4 Å². The van der Waals surface area contributed by atoms with Crippen LogP contribution in [-0.4, -0.2) is 23.7 Å². The molecule has 0 saturated heterocycles. The number of hydrogen-bond acceptors (Lipinski definition) is 2. The summed E-state index contributed by atoms with van der Waals surface area (Å²) >= 11 is 0. The predicted molar refractivity (Wildman–Crippen MR) is 79.0 cm³/mol. The molecule has 1 rings (SSSR count). The third-order valence-corrected chi connectivity index (χ3v) is 3.22. The van der Waals surface area contributed by atoms with Crippen molar-refractivity contribution >= 4 is 17.7 Å². The zero-order chi connectivity index (χ0) is 15.1. The molecule has 110 valence electrons. The SMILES string of the molecule is CCC(CNC(=O)Nc1ccc(C)cc1C)CC(=O)O. The number of aliphatic carboxylic acids is 1. The number of aryl methyl sites for hydroxylation is 2. The lowest BCUT2D eigenvalue weighted by Crippen LogP contribution is -2.33. The first-order valence-electron chi connectivity index (χ1n) is 6.76. The molecule has 0 spiro atoms. The second-order valence-electron chi connectivity index (χ2n) is 5.03. The van der Waals surface area contributed by atoms with Crippen molar-refractivity contribution < 1.29 is 14.7 Å². The minimum Gasteiger partial charge on any atom is -0.481 e. The van der Waals surface area contributed by atoms with E-state index >= 15 is 0 Å². The number of carbonyl (C=O) groups excluding carboxylic acids is 1. The second-order valence-corrected chi connectivity index (χ2v) is 5.03. The summed E-state index contributed by atoms with van der Waals surface area (Å²) in [5.41, 5.74) is 2.90. The Balaban J connectivity index is 2.49. The van der Waals surface area contributed by atoms with Crippen LogP contribution in [0.3, 0.4) is 0 Å². The van der Waals surface area contributed by atoms with Gasteiger partial charge in [0.25, 0.3) is 0 Å². The van der Waals surface area contributed by atoms with Crippen LogP contribution in [-0.2, 0) is 4.79 Å². The average molecular weight is 278 g/mol. The number of carboxylic acids is 1. The largest absolute Gasteiger partial charge is 0.481 e. The van der Waals surface area contributed by atoms with Crippen molar-refractivity contribution in [2.45, 2.75) is 33.6 Å². The molecule has 0 saturated carbocycles. The molecule has 5 heteroatoms. The van der Waals surface area contributed by atoms with Gasteiger partial charge in [0.2, 0.25) is 0 Å². The Labute approximate surface area is 119 Å². The van der Waals surface area contributed by atoms with Crippen LogP contribution in [0.15, 0.2) is 18.2 Å². The van der Waals surface area contributed by atoms with Crippen LogP contribution in [0.1, 0.15) is 30.9 Å². The molecule has 20 heavy (non-hydrogen) atoms. The predicted octanol–water partition coefficient (Wildman–Crippen LogP) is 2.93. The minimum atomic E-state index is -0.839. The third kappa shape index (κ3) is 5.30. The standard InChI is InChI=1S/C15H22N2O3/c1-4-12(8-14(18)19)9-16-15(20)17-13-6-5-10(2)7-11(13)3/h5-7,12H,4,8-9H2,1-3H3,(H,18,19)(H2,16,17,20). The molecule has 1 unspecified atom stereocenters. The summed E-state index contributed by atoms with van der Waals surface area (Å²) in [6.07, 6.45) is 0.788. The molecule has 1 aromatic carbocycles. The van der Waals surface area contributed by atoms with E-state index in [2.05, 4.69) is 10.6 Å². The Morgan fingerprint density at radius 2 is 2.00 bits per heavy atom. The van der Waals surface area contributed by atoms with Crippen molar-refractivity contribution in [3.8, 4) is 0 Å². The van der Waals surface area contributed by atoms with Crippen molar-refractivity contribution in [2.24, 2.45) is 5.92 Å². The average Bonchev–Trinajstić information content (AvgIpc) is 2.37. The zero-order valence-electron chi connectivity index (χ0n) is 12.2. The molecule has 0 radical (unpaired) electrons. The summed E-state index contributed by atoms with van der Waals surface area (Å²) in [5, 5.41) is 14.2. The summed E-state index contributed by atoms with van der Waals surface area (Å²) < 4.78 is 0. The lowest BCUT2D eigenvalue weighted by Gasteiger charge is -2.15. The fraction of sp³-hybridized carbons (Fsp3) is 0.467. The first kappa shape index (κ1) is 16.0. The van der Waals surface area contributed by atoms with Gasteiger partial charge < -0.3 is 15.7 Å². The number of amides is 2. The molecule has 0 aliphatic carbocycles. The smallest absolute Gasteiger partial charge is 0.319 e. The van der Waals surface area contributed by atoms with E-state index in [4.69, 9.17) is 5.11 Å². The molecule has 5 nitrogen and oxygen atoms in total. The van der Waals surface area contributed by atoms with Gasteiger partial charge in [-0.2, -0.15) is 0 Å². The van der Waals surface area contributed by atoms with E-state index in [0.717, 1.165) is 23.2 Å². The molecular weight excluding hydrogens is 256 g/mol. The normalized spacial score (nSPS) is 11.8. The van der Waals surface area contributed by atoms with Crippen LogP contribution in [0.5, 0.6) is 0 Å². The van der Waals surface area contributed by atoms with Gasteiger partial charge >= 0.3 is 12.0 Å². The van der Waals surface area contributed by atoms with Gasteiger partial charge in [-0.1, -0.05) is 31.0 Å². The van der Waals surface area contributed by atoms with E-state index < -0.39 is 5.97 Å². The molecule has 1 aromatic rings. The van der Waals surface area contributed by atoms with E-state index in [1.54, 1.807) is 0 Å². The Kier molecular flexibility index (Phi) is 6.03. The van der Waals surface area contributed by atoms with Gasteiger partial charge in [0.15, 0.2) is 0 Å². The van der Waals surface area contributed by atoms with Crippen LogP contribution in [0.4, 0.5) is 10.5 Å². The monoisotopic (exact) mass is 278 g/mol. The Morgan fingerprint density at radius 3 is 2.55 bits per heavy atom. The maximum absolute atomic E-state index is 11.8. The van der Waals surface area contributed by atoms with Gasteiger partial charge in [-0.25, -0.2) is 4.79 Å². The van der Waals surface area contributed by atoms with E-state index in [1.807, 2.05) is 39.0 Å². The molecule has 3 N–H and O–H groups in total. The second kappa shape index (κ2) is 7.53. The topological polar surface area (TPSA) is 78.4 Å². The number of carbonyl (C=O) groups is 2. The molecule has 0 fully saturated rings. The van der Waals surface area contributed by atoms with Crippen molar-refractivity contribution in [1.29, 1.82) is 0 Å². The molecule has 0 aromatic heterocycles. The number of anilines is 1. The van der Waals surface area contributed by atoms with Gasteiger partial charge in [0, 0.05) is 18.7 Å². The number of rotatable bonds is 6. The number of benzene rings is 1.